The Morgan fingerprint density at radius 1 is 1.05 bits per heavy atom. The molecule has 1 saturated heterocycles. The Bertz CT molecular complexity index is 1600. The maximum atomic E-state index is 12.9. The summed E-state index contributed by atoms with van der Waals surface area (Å²) in [6.07, 6.45) is 2.78. The summed E-state index contributed by atoms with van der Waals surface area (Å²) in [5, 5.41) is 7.15. The zero-order valence-electron chi connectivity index (χ0n) is 22.3. The molecular formula is C32H33ClN6O2. The van der Waals surface area contributed by atoms with Crippen molar-refractivity contribution in [2.45, 2.75) is 26.4 Å². The number of anilines is 2. The second-order valence-corrected chi connectivity index (χ2v) is 10.3. The number of amides is 1. The minimum atomic E-state index is 0. The molecule has 41 heavy (non-hydrogen) atoms. The summed E-state index contributed by atoms with van der Waals surface area (Å²) in [6.45, 7) is 1.91. The molecule has 0 aliphatic carbocycles. The van der Waals surface area contributed by atoms with Crippen LogP contribution in [0, 0.1) is 0 Å². The van der Waals surface area contributed by atoms with E-state index < -0.39 is 0 Å². The predicted molar refractivity (Wildman–Crippen MR) is 165 cm³/mol. The first-order valence-electron chi connectivity index (χ1n) is 13.2. The third-order valence-corrected chi connectivity index (χ3v) is 7.63. The van der Waals surface area contributed by atoms with Crippen LogP contribution in [0.2, 0.25) is 5.02 Å². The van der Waals surface area contributed by atoms with Gasteiger partial charge in [-0.25, -0.2) is 9.97 Å². The second-order valence-electron chi connectivity index (χ2n) is 9.85. The SMILES string of the molecule is C.CNC1CCN(C(=O)c2ccc(Nc3ncc4c(n3)-c3ccc(Cl)cc3C(c3ccccc3OC)=NC4)cc2)C1. The highest BCUT2D eigenvalue weighted by molar-refractivity contribution is 6.31. The van der Waals surface area contributed by atoms with Crippen molar-refractivity contribution in [3.63, 3.8) is 0 Å². The van der Waals surface area contributed by atoms with E-state index in [1.807, 2.05) is 78.7 Å². The van der Waals surface area contributed by atoms with Crippen molar-refractivity contribution in [3.05, 3.63) is 100 Å². The Balaban J connectivity index is 0.00000337. The second kappa shape index (κ2) is 12.1. The molecule has 2 aliphatic heterocycles. The lowest BCUT2D eigenvalue weighted by molar-refractivity contribution is 0.0789. The van der Waals surface area contributed by atoms with E-state index in [0.717, 1.165) is 64.6 Å². The third kappa shape index (κ3) is 5.66. The van der Waals surface area contributed by atoms with Gasteiger partial charge in [0.2, 0.25) is 5.95 Å². The highest BCUT2D eigenvalue weighted by Gasteiger charge is 2.26. The van der Waals surface area contributed by atoms with Crippen LogP contribution in [-0.2, 0) is 6.54 Å². The summed E-state index contributed by atoms with van der Waals surface area (Å²) in [5.41, 5.74) is 6.63. The van der Waals surface area contributed by atoms with E-state index in [9.17, 15) is 4.79 Å². The monoisotopic (exact) mass is 568 g/mol. The van der Waals surface area contributed by atoms with Gasteiger partial charge in [-0.2, -0.15) is 0 Å². The predicted octanol–water partition coefficient (Wildman–Crippen LogP) is 5.97. The van der Waals surface area contributed by atoms with Crippen molar-refractivity contribution in [2.75, 3.05) is 32.6 Å². The first-order valence-corrected chi connectivity index (χ1v) is 13.6. The molecule has 2 N–H and O–H groups in total. The molecule has 1 atom stereocenters. The Hall–Kier alpha value is -4.27. The maximum Gasteiger partial charge on any atom is 0.253 e. The quantitative estimate of drug-likeness (QED) is 0.298. The molecular weight excluding hydrogens is 536 g/mol. The number of hydrogen-bond acceptors (Lipinski definition) is 7. The Morgan fingerprint density at radius 2 is 1.85 bits per heavy atom. The summed E-state index contributed by atoms with van der Waals surface area (Å²) >= 11 is 6.45. The third-order valence-electron chi connectivity index (χ3n) is 7.40. The number of fused-ring (bicyclic) bond motifs is 3. The number of likely N-dealkylation sites (N-methyl/N-ethyl adjacent to an activating group) is 1. The van der Waals surface area contributed by atoms with Gasteiger partial charge in [-0.05, 0) is 62.0 Å². The zero-order valence-corrected chi connectivity index (χ0v) is 23.1. The molecule has 2 aliphatic rings. The Labute approximate surface area is 245 Å². The average molecular weight is 569 g/mol. The molecule has 8 nitrogen and oxygen atoms in total. The van der Waals surface area contributed by atoms with Gasteiger partial charge in [-0.1, -0.05) is 37.2 Å². The molecule has 4 aromatic rings. The molecule has 3 aromatic carbocycles. The van der Waals surface area contributed by atoms with Crippen LogP contribution in [0.1, 0.15) is 40.9 Å². The highest BCUT2D eigenvalue weighted by Crippen LogP contribution is 2.35. The number of aromatic nitrogens is 2. The smallest absolute Gasteiger partial charge is 0.253 e. The van der Waals surface area contributed by atoms with Crippen LogP contribution in [0.3, 0.4) is 0 Å². The van der Waals surface area contributed by atoms with E-state index in [-0.39, 0.29) is 13.3 Å². The number of methoxy groups -OCH3 is 1. The van der Waals surface area contributed by atoms with E-state index in [4.69, 9.17) is 26.3 Å². The number of para-hydroxylation sites is 1. The van der Waals surface area contributed by atoms with E-state index in [0.29, 0.717) is 29.1 Å². The summed E-state index contributed by atoms with van der Waals surface area (Å²) < 4.78 is 5.63. The van der Waals surface area contributed by atoms with Gasteiger partial charge in [0.05, 0.1) is 25.1 Å². The minimum Gasteiger partial charge on any atom is -0.496 e. The number of ether oxygens (including phenoxy) is 1. The van der Waals surface area contributed by atoms with Gasteiger partial charge in [0.25, 0.3) is 5.91 Å². The van der Waals surface area contributed by atoms with Gasteiger partial charge in [0.1, 0.15) is 5.75 Å². The molecule has 0 saturated carbocycles. The number of rotatable bonds is 6. The lowest BCUT2D eigenvalue weighted by Gasteiger charge is -2.17. The molecule has 1 unspecified atom stereocenters. The molecule has 1 aromatic heterocycles. The fraction of sp³-hybridized carbons (Fsp3) is 0.250. The molecule has 1 fully saturated rings. The standard InChI is InChI=1S/C31H29ClN6O2.CH4/c1-33-23-13-14-38(18-23)30(39)19-7-10-22(11-8-19)36-31-35-17-20-16-34-29(25-5-3-4-6-27(25)40-2)26-15-21(32)9-12-24(26)28(20)37-31;/h3-12,15,17,23,33H,13-14,16,18H2,1-2H3,(H,35,36,37);1H4. The number of halogens is 1. The van der Waals surface area contributed by atoms with Gasteiger partial charge in [-0.15, -0.1) is 0 Å². The van der Waals surface area contributed by atoms with Gasteiger partial charge >= 0.3 is 0 Å². The van der Waals surface area contributed by atoms with Gasteiger partial charge < -0.3 is 20.3 Å². The maximum absolute atomic E-state index is 12.9. The van der Waals surface area contributed by atoms with Crippen molar-refractivity contribution >= 4 is 34.9 Å². The van der Waals surface area contributed by atoms with Gasteiger partial charge in [-0.3, -0.25) is 9.79 Å². The largest absolute Gasteiger partial charge is 0.496 e. The normalized spacial score (nSPS) is 15.6. The molecule has 6 rings (SSSR count). The first-order chi connectivity index (χ1) is 19.5. The van der Waals surface area contributed by atoms with E-state index >= 15 is 0 Å². The number of aliphatic imine (C=N–C) groups is 1. The Kier molecular flexibility index (Phi) is 8.33. The number of nitrogens with one attached hydrogen (secondary N) is 2. The molecule has 0 radical (unpaired) electrons. The summed E-state index contributed by atoms with van der Waals surface area (Å²) in [7, 11) is 3.59. The number of nitrogens with zero attached hydrogens (tertiary/aromatic N) is 4. The van der Waals surface area contributed by atoms with Crippen LogP contribution in [0.25, 0.3) is 11.3 Å². The summed E-state index contributed by atoms with van der Waals surface area (Å²) in [4.78, 5) is 29.2. The van der Waals surface area contributed by atoms with Crippen LogP contribution in [-0.4, -0.2) is 59.8 Å². The van der Waals surface area contributed by atoms with Crippen molar-refractivity contribution < 1.29 is 9.53 Å². The number of benzene rings is 3. The van der Waals surface area contributed by atoms with E-state index in [1.54, 1.807) is 13.3 Å². The first kappa shape index (κ1) is 28.3. The number of carbonyl (C=O) groups excluding carboxylic acids is 1. The minimum absolute atomic E-state index is 0. The molecule has 1 amide bonds. The van der Waals surface area contributed by atoms with Gasteiger partial charge in [0.15, 0.2) is 0 Å². The summed E-state index contributed by atoms with van der Waals surface area (Å²) in [5.74, 6) is 1.24. The number of carbonyl (C=O) groups is 1. The van der Waals surface area contributed by atoms with Crippen LogP contribution in [0.5, 0.6) is 5.75 Å². The highest BCUT2D eigenvalue weighted by atomic mass is 35.5. The van der Waals surface area contributed by atoms with Crippen molar-refractivity contribution in [3.8, 4) is 17.0 Å². The molecule has 0 bridgehead atoms. The molecule has 3 heterocycles. The van der Waals surface area contributed by atoms with Crippen molar-refractivity contribution in [2.24, 2.45) is 4.99 Å². The van der Waals surface area contributed by atoms with Gasteiger partial charge in [0, 0.05) is 63.9 Å². The fourth-order valence-corrected chi connectivity index (χ4v) is 5.42. The summed E-state index contributed by atoms with van der Waals surface area (Å²) in [6, 6.07) is 21.4. The van der Waals surface area contributed by atoms with Crippen molar-refractivity contribution in [1.82, 2.24) is 20.2 Å². The Morgan fingerprint density at radius 3 is 2.61 bits per heavy atom. The molecule has 9 heteroatoms. The van der Waals surface area contributed by atoms with Crippen molar-refractivity contribution in [1.29, 1.82) is 0 Å². The average Bonchev–Trinajstić information content (AvgIpc) is 3.42. The van der Waals surface area contributed by atoms with Crippen LogP contribution in [0.15, 0.2) is 77.9 Å². The van der Waals surface area contributed by atoms with Crippen LogP contribution in [0.4, 0.5) is 11.6 Å². The lowest BCUT2D eigenvalue weighted by atomic mass is 9.95. The van der Waals surface area contributed by atoms with Crippen LogP contribution >= 0.6 is 11.6 Å². The number of hydrogen-bond donors (Lipinski definition) is 2. The molecule has 0 spiro atoms. The van der Waals surface area contributed by atoms with E-state index in [1.165, 1.54) is 0 Å². The lowest BCUT2D eigenvalue weighted by Crippen LogP contribution is -2.33. The van der Waals surface area contributed by atoms with E-state index in [2.05, 4.69) is 15.6 Å². The molecule has 210 valence electrons. The number of likely N-dealkylation sites (tertiary alicyclic amines) is 1. The zero-order chi connectivity index (χ0) is 27.6. The fourth-order valence-electron chi connectivity index (χ4n) is 5.24. The van der Waals surface area contributed by atoms with Crippen LogP contribution < -0.4 is 15.4 Å². The topological polar surface area (TPSA) is 91.7 Å².